The monoisotopic (exact) mass is 395 g/mol. The van der Waals surface area contributed by atoms with Crippen molar-refractivity contribution in [1.82, 2.24) is 16.0 Å². The van der Waals surface area contributed by atoms with Gasteiger partial charge in [-0.25, -0.2) is 0 Å². The lowest BCUT2D eigenvalue weighted by atomic mass is 10.1. The fourth-order valence-electron chi connectivity index (χ4n) is 2.65. The zero-order chi connectivity index (χ0) is 20.5. The van der Waals surface area contributed by atoms with Crippen LogP contribution in [0.5, 0.6) is 0 Å². The van der Waals surface area contributed by atoms with Gasteiger partial charge in [0, 0.05) is 6.42 Å². The van der Waals surface area contributed by atoms with Gasteiger partial charge in [-0.2, -0.15) is 0 Å². The van der Waals surface area contributed by atoms with Crippen molar-refractivity contribution >= 4 is 17.7 Å². The predicted molar refractivity (Wildman–Crippen MR) is 104 cm³/mol. The van der Waals surface area contributed by atoms with Gasteiger partial charge in [-0.3, -0.25) is 14.4 Å². The van der Waals surface area contributed by atoms with Crippen molar-refractivity contribution in [2.45, 2.75) is 19.0 Å². The summed E-state index contributed by atoms with van der Waals surface area (Å²) in [6, 6.07) is 15.0. The summed E-state index contributed by atoms with van der Waals surface area (Å²) in [6.07, 6.45) is 3.16. The fourth-order valence-corrected chi connectivity index (χ4v) is 2.65. The van der Waals surface area contributed by atoms with Crippen LogP contribution in [0.3, 0.4) is 0 Å². The third-order valence-corrected chi connectivity index (χ3v) is 4.11. The molecule has 0 radical (unpaired) electrons. The number of carbonyl (C=O) groups excluding carboxylic acids is 3. The van der Waals surface area contributed by atoms with Crippen LogP contribution >= 0.6 is 0 Å². The second-order valence-corrected chi connectivity index (χ2v) is 6.27. The molecule has 8 nitrogen and oxygen atoms in total. The Bertz CT molecular complexity index is 921. The average Bonchev–Trinajstić information content (AvgIpc) is 3.45. The van der Waals surface area contributed by atoms with Gasteiger partial charge in [-0.05, 0) is 29.8 Å². The van der Waals surface area contributed by atoms with E-state index in [0.717, 1.165) is 5.56 Å². The molecule has 1 unspecified atom stereocenters. The van der Waals surface area contributed by atoms with Gasteiger partial charge in [0.2, 0.25) is 11.8 Å². The third kappa shape index (κ3) is 6.10. The number of hydrogen-bond acceptors (Lipinski definition) is 5. The minimum Gasteiger partial charge on any atom is -0.467 e. The second kappa shape index (κ2) is 9.93. The van der Waals surface area contributed by atoms with Crippen molar-refractivity contribution in [1.29, 1.82) is 0 Å². The maximum atomic E-state index is 12.6. The molecule has 0 bridgehead atoms. The van der Waals surface area contributed by atoms with Crippen LogP contribution in [0.1, 0.15) is 21.9 Å². The first kappa shape index (κ1) is 19.9. The average molecular weight is 395 g/mol. The van der Waals surface area contributed by atoms with Crippen LogP contribution in [-0.2, 0) is 22.6 Å². The highest BCUT2D eigenvalue weighted by Gasteiger charge is 2.23. The van der Waals surface area contributed by atoms with E-state index in [0.29, 0.717) is 5.76 Å². The number of nitrogens with one attached hydrogen (secondary N) is 3. The minimum absolute atomic E-state index is 0.104. The van der Waals surface area contributed by atoms with E-state index in [-0.39, 0.29) is 31.2 Å². The smallest absolute Gasteiger partial charge is 0.287 e. The van der Waals surface area contributed by atoms with Gasteiger partial charge < -0.3 is 24.8 Å². The molecule has 0 aliphatic heterocycles. The van der Waals surface area contributed by atoms with Crippen molar-refractivity contribution in [3.05, 3.63) is 84.2 Å². The number of hydrogen-bond donors (Lipinski definition) is 3. The van der Waals surface area contributed by atoms with Crippen LogP contribution in [-0.4, -0.2) is 30.3 Å². The second-order valence-electron chi connectivity index (χ2n) is 6.27. The zero-order valence-corrected chi connectivity index (χ0v) is 15.6. The van der Waals surface area contributed by atoms with Crippen molar-refractivity contribution in [2.75, 3.05) is 6.54 Å². The minimum atomic E-state index is -0.868. The molecule has 3 N–H and O–H groups in total. The molecular formula is C21H21N3O5. The van der Waals surface area contributed by atoms with Crippen LogP contribution in [0.15, 0.2) is 76.0 Å². The largest absolute Gasteiger partial charge is 0.467 e. The van der Waals surface area contributed by atoms with E-state index in [1.165, 1.54) is 18.6 Å². The standard InChI is InChI=1S/C21H21N3O5/c25-19(22-13-16-8-4-10-28-16)14-23-20(26)17(12-15-6-2-1-3-7-15)24-21(27)18-9-5-11-29-18/h1-11,17H,12-14H2,(H,22,25)(H,23,26)(H,24,27). The van der Waals surface area contributed by atoms with Crippen molar-refractivity contribution in [3.8, 4) is 0 Å². The SMILES string of the molecule is O=C(CNC(=O)C(Cc1ccccc1)NC(=O)c1ccco1)NCc1ccco1. The summed E-state index contributed by atoms with van der Waals surface area (Å²) >= 11 is 0. The lowest BCUT2D eigenvalue weighted by molar-refractivity contribution is -0.127. The highest BCUT2D eigenvalue weighted by molar-refractivity contribution is 5.96. The summed E-state index contributed by atoms with van der Waals surface area (Å²) in [5.74, 6) is -0.634. The van der Waals surface area contributed by atoms with Crippen molar-refractivity contribution < 1.29 is 23.2 Å². The van der Waals surface area contributed by atoms with Crippen LogP contribution in [0.4, 0.5) is 0 Å². The van der Waals surface area contributed by atoms with Crippen molar-refractivity contribution in [3.63, 3.8) is 0 Å². The molecule has 0 aliphatic rings. The van der Waals surface area contributed by atoms with Gasteiger partial charge >= 0.3 is 0 Å². The number of carbonyl (C=O) groups is 3. The normalized spacial score (nSPS) is 11.4. The van der Waals surface area contributed by atoms with Crippen LogP contribution in [0.2, 0.25) is 0 Å². The maximum absolute atomic E-state index is 12.6. The number of amides is 3. The topological polar surface area (TPSA) is 114 Å². The van der Waals surface area contributed by atoms with Gasteiger partial charge in [-0.15, -0.1) is 0 Å². The first-order chi connectivity index (χ1) is 14.1. The van der Waals surface area contributed by atoms with E-state index in [1.807, 2.05) is 30.3 Å². The van der Waals surface area contributed by atoms with E-state index in [4.69, 9.17) is 8.83 Å². The molecule has 1 atom stereocenters. The number of furan rings is 2. The molecule has 8 heteroatoms. The molecule has 0 saturated heterocycles. The highest BCUT2D eigenvalue weighted by Crippen LogP contribution is 2.06. The predicted octanol–water partition coefficient (Wildman–Crippen LogP) is 1.65. The fraction of sp³-hybridized carbons (Fsp3) is 0.190. The van der Waals surface area contributed by atoms with Gasteiger partial charge in [0.1, 0.15) is 11.8 Å². The Hall–Kier alpha value is -3.81. The summed E-state index contributed by atoms with van der Waals surface area (Å²) < 4.78 is 10.2. The van der Waals surface area contributed by atoms with Crippen LogP contribution in [0.25, 0.3) is 0 Å². The first-order valence-electron chi connectivity index (χ1n) is 9.07. The van der Waals surface area contributed by atoms with E-state index in [1.54, 1.807) is 18.2 Å². The molecular weight excluding hydrogens is 374 g/mol. The molecule has 3 amide bonds. The van der Waals surface area contributed by atoms with Gasteiger partial charge in [0.05, 0.1) is 25.6 Å². The Balaban J connectivity index is 1.57. The van der Waals surface area contributed by atoms with Crippen LogP contribution in [0, 0.1) is 0 Å². The first-order valence-corrected chi connectivity index (χ1v) is 9.07. The number of benzene rings is 1. The Morgan fingerprint density at radius 1 is 0.862 bits per heavy atom. The Labute approximate surface area is 167 Å². The lowest BCUT2D eigenvalue weighted by Gasteiger charge is -2.18. The van der Waals surface area contributed by atoms with E-state index < -0.39 is 17.9 Å². The Kier molecular flexibility index (Phi) is 6.83. The molecule has 3 rings (SSSR count). The summed E-state index contributed by atoms with van der Waals surface area (Å²) in [4.78, 5) is 36.9. The highest BCUT2D eigenvalue weighted by atomic mass is 16.3. The summed E-state index contributed by atoms with van der Waals surface area (Å²) in [7, 11) is 0. The van der Waals surface area contributed by atoms with Crippen molar-refractivity contribution in [2.24, 2.45) is 0 Å². The number of rotatable bonds is 9. The van der Waals surface area contributed by atoms with Gasteiger partial charge in [-0.1, -0.05) is 30.3 Å². The van der Waals surface area contributed by atoms with Gasteiger partial charge in [0.15, 0.2) is 5.76 Å². The molecule has 150 valence electrons. The molecule has 0 saturated carbocycles. The quantitative estimate of drug-likeness (QED) is 0.510. The Morgan fingerprint density at radius 2 is 1.62 bits per heavy atom. The Morgan fingerprint density at radius 3 is 2.31 bits per heavy atom. The molecule has 0 spiro atoms. The van der Waals surface area contributed by atoms with E-state index >= 15 is 0 Å². The summed E-state index contributed by atoms with van der Waals surface area (Å²) in [5.41, 5.74) is 0.870. The third-order valence-electron chi connectivity index (χ3n) is 4.11. The van der Waals surface area contributed by atoms with E-state index in [9.17, 15) is 14.4 Å². The van der Waals surface area contributed by atoms with Gasteiger partial charge in [0.25, 0.3) is 5.91 Å². The molecule has 0 aliphatic carbocycles. The maximum Gasteiger partial charge on any atom is 0.287 e. The molecule has 0 fully saturated rings. The lowest BCUT2D eigenvalue weighted by Crippen LogP contribution is -2.50. The zero-order valence-electron chi connectivity index (χ0n) is 15.6. The summed E-state index contributed by atoms with van der Waals surface area (Å²) in [5, 5.41) is 7.85. The molecule has 1 aromatic carbocycles. The molecule has 29 heavy (non-hydrogen) atoms. The molecule has 2 heterocycles. The summed E-state index contributed by atoms with van der Waals surface area (Å²) in [6.45, 7) is 0.00578. The molecule has 3 aromatic rings. The van der Waals surface area contributed by atoms with E-state index in [2.05, 4.69) is 16.0 Å². The van der Waals surface area contributed by atoms with Crippen LogP contribution < -0.4 is 16.0 Å². The molecule has 2 aromatic heterocycles.